The second-order valence-electron chi connectivity index (χ2n) is 5.17. The summed E-state index contributed by atoms with van der Waals surface area (Å²) in [5.41, 5.74) is -0.605. The third-order valence-electron chi connectivity index (χ3n) is 3.53. The molecule has 0 saturated carbocycles. The minimum Gasteiger partial charge on any atom is -0.497 e. The number of nitrogens with zero attached hydrogens (tertiary/aromatic N) is 1. The van der Waals surface area contributed by atoms with Crippen molar-refractivity contribution in [3.63, 3.8) is 0 Å². The standard InChI is InChI=1S/C15H13ClN2O7S/c1-23-9-2-3-15(12(6-9)18(19)20)26(21,22)17-11-8-14-13(7-10(11)16)24-4-5-25-14/h2-3,6-8,17H,4-5H2,1H3. The van der Waals surface area contributed by atoms with E-state index in [4.69, 9.17) is 25.8 Å². The van der Waals surface area contributed by atoms with Gasteiger partial charge in [0.1, 0.15) is 19.0 Å². The highest BCUT2D eigenvalue weighted by molar-refractivity contribution is 7.92. The summed E-state index contributed by atoms with van der Waals surface area (Å²) in [6, 6.07) is 6.21. The second kappa shape index (κ2) is 6.89. The van der Waals surface area contributed by atoms with Crippen molar-refractivity contribution >= 4 is 33.0 Å². The maximum atomic E-state index is 12.7. The highest BCUT2D eigenvalue weighted by Gasteiger charge is 2.28. The Kier molecular flexibility index (Phi) is 4.79. The molecule has 2 aromatic rings. The van der Waals surface area contributed by atoms with Gasteiger partial charge in [-0.15, -0.1) is 0 Å². The number of ether oxygens (including phenoxy) is 3. The van der Waals surface area contributed by atoms with E-state index >= 15 is 0 Å². The molecule has 1 aliphatic heterocycles. The summed E-state index contributed by atoms with van der Waals surface area (Å²) in [4.78, 5) is 9.92. The van der Waals surface area contributed by atoms with Gasteiger partial charge in [0.2, 0.25) is 0 Å². The number of fused-ring (bicyclic) bond motifs is 1. The summed E-state index contributed by atoms with van der Waals surface area (Å²) in [5, 5.41) is 11.3. The van der Waals surface area contributed by atoms with Crippen LogP contribution in [0.4, 0.5) is 11.4 Å². The normalized spacial score (nSPS) is 13.2. The summed E-state index contributed by atoms with van der Waals surface area (Å²) in [6.07, 6.45) is 0. The third-order valence-corrected chi connectivity index (χ3v) is 5.25. The molecule has 0 fully saturated rings. The van der Waals surface area contributed by atoms with Gasteiger partial charge < -0.3 is 14.2 Å². The first-order valence-electron chi connectivity index (χ1n) is 7.26. The van der Waals surface area contributed by atoms with Crippen molar-refractivity contribution in [1.29, 1.82) is 0 Å². The lowest BCUT2D eigenvalue weighted by Gasteiger charge is -2.20. The lowest BCUT2D eigenvalue weighted by Crippen LogP contribution is -2.17. The van der Waals surface area contributed by atoms with Gasteiger partial charge in [-0.1, -0.05) is 11.6 Å². The Hall–Kier alpha value is -2.72. The van der Waals surface area contributed by atoms with Crippen LogP contribution in [-0.2, 0) is 10.0 Å². The molecular weight excluding hydrogens is 388 g/mol. The summed E-state index contributed by atoms with van der Waals surface area (Å²) in [6.45, 7) is 0.664. The van der Waals surface area contributed by atoms with E-state index in [2.05, 4.69) is 4.72 Å². The molecule has 0 atom stereocenters. The number of hydrogen-bond donors (Lipinski definition) is 1. The molecule has 1 aliphatic rings. The predicted molar refractivity (Wildman–Crippen MR) is 92.9 cm³/mol. The fourth-order valence-corrected chi connectivity index (χ4v) is 3.82. The summed E-state index contributed by atoms with van der Waals surface area (Å²) < 4.78 is 43.2. The molecule has 0 aromatic heterocycles. The van der Waals surface area contributed by atoms with E-state index in [1.807, 2.05) is 0 Å². The molecule has 0 saturated heterocycles. The molecule has 1 N–H and O–H groups in total. The molecule has 1 heterocycles. The van der Waals surface area contributed by atoms with Crippen LogP contribution in [0.5, 0.6) is 17.2 Å². The van der Waals surface area contributed by atoms with Gasteiger partial charge in [0.05, 0.1) is 28.8 Å². The van der Waals surface area contributed by atoms with Crippen LogP contribution in [0.2, 0.25) is 5.02 Å². The lowest BCUT2D eigenvalue weighted by atomic mass is 10.2. The number of anilines is 1. The quantitative estimate of drug-likeness (QED) is 0.605. The molecule has 0 spiro atoms. The molecule has 2 aromatic carbocycles. The Labute approximate surface area is 153 Å². The number of benzene rings is 2. The van der Waals surface area contributed by atoms with E-state index in [1.165, 1.54) is 25.3 Å². The van der Waals surface area contributed by atoms with Gasteiger partial charge >= 0.3 is 0 Å². The number of nitro groups is 1. The average molecular weight is 401 g/mol. The van der Waals surface area contributed by atoms with Gasteiger partial charge in [-0.2, -0.15) is 0 Å². The van der Waals surface area contributed by atoms with Crippen LogP contribution < -0.4 is 18.9 Å². The smallest absolute Gasteiger partial charge is 0.293 e. The fraction of sp³-hybridized carbons (Fsp3) is 0.200. The highest BCUT2D eigenvalue weighted by atomic mass is 35.5. The molecule has 0 amide bonds. The molecule has 0 unspecified atom stereocenters. The van der Waals surface area contributed by atoms with Crippen LogP contribution in [0.15, 0.2) is 35.2 Å². The number of methoxy groups -OCH3 is 1. The Morgan fingerprint density at radius 2 is 1.85 bits per heavy atom. The minimum absolute atomic E-state index is 0.0148. The Bertz CT molecular complexity index is 978. The lowest BCUT2D eigenvalue weighted by molar-refractivity contribution is -0.387. The van der Waals surface area contributed by atoms with Gasteiger partial charge in [-0.05, 0) is 12.1 Å². The number of nitrogens with one attached hydrogen (secondary N) is 1. The summed E-state index contributed by atoms with van der Waals surface area (Å²) >= 11 is 6.09. The van der Waals surface area contributed by atoms with Crippen molar-refractivity contribution in [3.8, 4) is 17.2 Å². The van der Waals surface area contributed by atoms with Crippen LogP contribution in [0.25, 0.3) is 0 Å². The van der Waals surface area contributed by atoms with E-state index in [0.29, 0.717) is 24.7 Å². The number of hydrogen-bond acceptors (Lipinski definition) is 7. The van der Waals surface area contributed by atoms with E-state index < -0.39 is 25.5 Å². The summed E-state index contributed by atoms with van der Waals surface area (Å²) in [7, 11) is -2.97. The average Bonchev–Trinajstić information content (AvgIpc) is 2.61. The monoisotopic (exact) mass is 400 g/mol. The Balaban J connectivity index is 2.01. The van der Waals surface area contributed by atoms with Crippen LogP contribution in [0.3, 0.4) is 0 Å². The molecular formula is C15H13ClN2O7S. The molecule has 138 valence electrons. The maximum Gasteiger partial charge on any atom is 0.293 e. The van der Waals surface area contributed by atoms with Gasteiger partial charge in [0.25, 0.3) is 15.7 Å². The molecule has 11 heteroatoms. The van der Waals surface area contributed by atoms with Crippen LogP contribution in [0, 0.1) is 10.1 Å². The number of nitro benzene ring substituents is 1. The molecule has 0 aliphatic carbocycles. The first-order valence-corrected chi connectivity index (χ1v) is 9.12. The minimum atomic E-state index is -4.29. The van der Waals surface area contributed by atoms with E-state index in [9.17, 15) is 18.5 Å². The van der Waals surface area contributed by atoms with E-state index in [-0.39, 0.29) is 16.5 Å². The Morgan fingerprint density at radius 1 is 1.19 bits per heavy atom. The van der Waals surface area contributed by atoms with Crippen molar-refractivity contribution in [2.45, 2.75) is 4.90 Å². The number of rotatable bonds is 5. The van der Waals surface area contributed by atoms with Crippen LogP contribution in [-0.4, -0.2) is 33.7 Å². The molecule has 3 rings (SSSR count). The predicted octanol–water partition coefficient (Wildman–Crippen LogP) is 2.83. The zero-order valence-electron chi connectivity index (χ0n) is 13.4. The zero-order valence-corrected chi connectivity index (χ0v) is 15.0. The van der Waals surface area contributed by atoms with E-state index in [0.717, 1.165) is 12.1 Å². The van der Waals surface area contributed by atoms with Gasteiger partial charge in [0, 0.05) is 12.1 Å². The number of halogens is 1. The van der Waals surface area contributed by atoms with Crippen molar-refractivity contribution in [2.75, 3.05) is 25.0 Å². The fourth-order valence-electron chi connectivity index (χ4n) is 2.34. The maximum absolute atomic E-state index is 12.7. The first-order chi connectivity index (χ1) is 12.3. The van der Waals surface area contributed by atoms with Crippen molar-refractivity contribution in [3.05, 3.63) is 45.5 Å². The van der Waals surface area contributed by atoms with Crippen molar-refractivity contribution in [2.24, 2.45) is 0 Å². The topological polar surface area (TPSA) is 117 Å². The van der Waals surface area contributed by atoms with Crippen molar-refractivity contribution in [1.82, 2.24) is 0 Å². The molecule has 9 nitrogen and oxygen atoms in total. The highest BCUT2D eigenvalue weighted by Crippen LogP contribution is 2.39. The zero-order chi connectivity index (χ0) is 18.9. The van der Waals surface area contributed by atoms with Gasteiger partial charge in [-0.25, -0.2) is 8.42 Å². The second-order valence-corrected chi connectivity index (χ2v) is 7.23. The molecule has 26 heavy (non-hydrogen) atoms. The molecule has 0 bridgehead atoms. The Morgan fingerprint density at radius 3 is 2.46 bits per heavy atom. The summed E-state index contributed by atoms with van der Waals surface area (Å²) in [5.74, 6) is 0.871. The van der Waals surface area contributed by atoms with Crippen molar-refractivity contribution < 1.29 is 27.6 Å². The third kappa shape index (κ3) is 3.46. The van der Waals surface area contributed by atoms with Crippen LogP contribution >= 0.6 is 11.6 Å². The van der Waals surface area contributed by atoms with Gasteiger partial charge in [-0.3, -0.25) is 14.8 Å². The van der Waals surface area contributed by atoms with E-state index in [1.54, 1.807) is 0 Å². The van der Waals surface area contributed by atoms with Gasteiger partial charge in [0.15, 0.2) is 16.4 Å². The van der Waals surface area contributed by atoms with Crippen LogP contribution in [0.1, 0.15) is 0 Å². The number of sulfonamides is 1. The largest absolute Gasteiger partial charge is 0.497 e. The molecule has 0 radical (unpaired) electrons. The SMILES string of the molecule is COc1ccc(S(=O)(=O)Nc2cc3c(cc2Cl)OCCO3)c([N+](=O)[O-])c1. The first kappa shape index (κ1) is 18.1.